The maximum absolute atomic E-state index is 12.1. The van der Waals surface area contributed by atoms with Gasteiger partial charge in [-0.15, -0.1) is 0 Å². The molecule has 0 aliphatic carbocycles. The van der Waals surface area contributed by atoms with Crippen LogP contribution in [0, 0.1) is 22.3 Å². The lowest BCUT2D eigenvalue weighted by atomic mass is 9.97. The fourth-order valence-electron chi connectivity index (χ4n) is 2.01. The van der Waals surface area contributed by atoms with E-state index in [1.165, 1.54) is 0 Å². The second kappa shape index (κ2) is 7.61. The Balaban J connectivity index is 2.70. The molecule has 4 nitrogen and oxygen atoms in total. The number of nitrogens with one attached hydrogen (secondary N) is 1. The van der Waals surface area contributed by atoms with Gasteiger partial charge in [-0.25, -0.2) is 0 Å². The number of carboxylic acid groups (broad SMARTS) is 1. The third kappa shape index (κ3) is 4.77. The summed E-state index contributed by atoms with van der Waals surface area (Å²) >= 11 is 2.18. The van der Waals surface area contributed by atoms with Crippen LogP contribution in [0.15, 0.2) is 18.2 Å². The first-order chi connectivity index (χ1) is 9.32. The van der Waals surface area contributed by atoms with Gasteiger partial charge in [-0.3, -0.25) is 9.59 Å². The quantitative estimate of drug-likeness (QED) is 0.735. The summed E-state index contributed by atoms with van der Waals surface area (Å²) in [6, 6.07) is 5.52. The Kier molecular flexibility index (Phi) is 6.45. The summed E-state index contributed by atoms with van der Waals surface area (Å²) in [6.45, 7) is 6.00. The smallest absolute Gasteiger partial charge is 0.308 e. The highest BCUT2D eigenvalue weighted by Gasteiger charge is 2.20. The van der Waals surface area contributed by atoms with Crippen molar-refractivity contribution in [1.29, 1.82) is 0 Å². The van der Waals surface area contributed by atoms with Gasteiger partial charge in [-0.2, -0.15) is 0 Å². The van der Waals surface area contributed by atoms with Crippen molar-refractivity contribution in [2.75, 3.05) is 6.54 Å². The van der Waals surface area contributed by atoms with Crippen molar-refractivity contribution >= 4 is 34.5 Å². The number of carbonyl (C=O) groups excluding carboxylic acids is 1. The first kappa shape index (κ1) is 16.9. The van der Waals surface area contributed by atoms with Crippen LogP contribution in [-0.4, -0.2) is 23.5 Å². The molecule has 0 aliphatic rings. The Labute approximate surface area is 133 Å². The molecule has 0 aliphatic heterocycles. The predicted octanol–water partition coefficient (Wildman–Crippen LogP) is 3.08. The molecule has 1 aromatic carbocycles. The molecule has 20 heavy (non-hydrogen) atoms. The van der Waals surface area contributed by atoms with E-state index in [1.54, 1.807) is 6.07 Å². The Morgan fingerprint density at radius 2 is 2.00 bits per heavy atom. The van der Waals surface area contributed by atoms with Gasteiger partial charge in [0.05, 0.1) is 5.92 Å². The maximum Gasteiger partial charge on any atom is 0.308 e. The molecule has 0 heterocycles. The van der Waals surface area contributed by atoms with Gasteiger partial charge < -0.3 is 10.4 Å². The minimum absolute atomic E-state index is 0.164. The summed E-state index contributed by atoms with van der Waals surface area (Å²) in [6.07, 6.45) is 0.556. The number of hydrogen-bond donors (Lipinski definition) is 2. The highest BCUT2D eigenvalue weighted by Crippen LogP contribution is 2.16. The van der Waals surface area contributed by atoms with E-state index in [-0.39, 0.29) is 18.4 Å². The van der Waals surface area contributed by atoms with Gasteiger partial charge in [-0.05, 0) is 59.5 Å². The number of halogens is 1. The van der Waals surface area contributed by atoms with Gasteiger partial charge in [0.2, 0.25) is 0 Å². The van der Waals surface area contributed by atoms with Crippen molar-refractivity contribution in [3.8, 4) is 0 Å². The average Bonchev–Trinajstić information content (AvgIpc) is 2.36. The highest BCUT2D eigenvalue weighted by molar-refractivity contribution is 14.1. The predicted molar refractivity (Wildman–Crippen MR) is 86.8 cm³/mol. The monoisotopic (exact) mass is 389 g/mol. The third-order valence-corrected chi connectivity index (χ3v) is 4.30. The number of hydrogen-bond acceptors (Lipinski definition) is 2. The number of aliphatic carboxylic acids is 1. The van der Waals surface area contributed by atoms with E-state index in [0.29, 0.717) is 12.0 Å². The first-order valence-electron chi connectivity index (χ1n) is 6.59. The summed E-state index contributed by atoms with van der Waals surface area (Å²) < 4.78 is 1.02. The molecule has 1 rings (SSSR count). The van der Waals surface area contributed by atoms with Crippen LogP contribution in [0.4, 0.5) is 0 Å². The van der Waals surface area contributed by atoms with E-state index in [9.17, 15) is 9.59 Å². The van der Waals surface area contributed by atoms with Crippen LogP contribution in [0.1, 0.15) is 36.2 Å². The zero-order valence-electron chi connectivity index (χ0n) is 11.9. The standard InChI is InChI=1S/C15H20INO3/c1-9(2)7-11(15(19)20)8-17-14(18)12-5-4-6-13(16)10(12)3/h4-6,9,11H,7-8H2,1-3H3,(H,17,18)(H,19,20). The summed E-state index contributed by atoms with van der Waals surface area (Å²) in [4.78, 5) is 23.3. The second-order valence-corrected chi connectivity index (χ2v) is 6.45. The SMILES string of the molecule is Cc1c(I)cccc1C(=O)NCC(CC(C)C)C(=O)O. The minimum Gasteiger partial charge on any atom is -0.481 e. The number of carbonyl (C=O) groups is 2. The molecule has 0 saturated carbocycles. The summed E-state index contributed by atoms with van der Waals surface area (Å²) in [5.41, 5.74) is 1.52. The van der Waals surface area contributed by atoms with Gasteiger partial charge in [0, 0.05) is 15.7 Å². The molecule has 0 bridgehead atoms. The van der Waals surface area contributed by atoms with E-state index >= 15 is 0 Å². The zero-order valence-corrected chi connectivity index (χ0v) is 14.1. The lowest BCUT2D eigenvalue weighted by molar-refractivity contribution is -0.142. The van der Waals surface area contributed by atoms with Crippen LogP contribution in [0.5, 0.6) is 0 Å². The molecule has 1 unspecified atom stereocenters. The number of amides is 1. The van der Waals surface area contributed by atoms with Crippen molar-refractivity contribution in [3.05, 3.63) is 32.9 Å². The molecule has 1 aromatic rings. The third-order valence-electron chi connectivity index (χ3n) is 3.13. The zero-order chi connectivity index (χ0) is 15.3. The topological polar surface area (TPSA) is 66.4 Å². The molecule has 1 atom stereocenters. The van der Waals surface area contributed by atoms with Crippen molar-refractivity contribution in [3.63, 3.8) is 0 Å². The highest BCUT2D eigenvalue weighted by atomic mass is 127. The summed E-state index contributed by atoms with van der Waals surface area (Å²) in [5, 5.41) is 11.9. The van der Waals surface area contributed by atoms with Gasteiger partial charge in [0.25, 0.3) is 5.91 Å². The van der Waals surface area contributed by atoms with Crippen molar-refractivity contribution in [2.45, 2.75) is 27.2 Å². The molecule has 1 amide bonds. The largest absolute Gasteiger partial charge is 0.481 e. The molecule has 5 heteroatoms. The molecular formula is C15H20INO3. The Morgan fingerprint density at radius 1 is 1.35 bits per heavy atom. The van der Waals surface area contributed by atoms with Crippen LogP contribution in [0.25, 0.3) is 0 Å². The number of rotatable bonds is 6. The fourth-order valence-corrected chi connectivity index (χ4v) is 2.50. The normalized spacial score (nSPS) is 12.2. The molecule has 2 N–H and O–H groups in total. The number of benzene rings is 1. The lowest BCUT2D eigenvalue weighted by Crippen LogP contribution is -2.34. The van der Waals surface area contributed by atoms with E-state index in [4.69, 9.17) is 5.11 Å². The summed E-state index contributed by atoms with van der Waals surface area (Å²) in [5.74, 6) is -1.33. The van der Waals surface area contributed by atoms with Gasteiger partial charge in [0.1, 0.15) is 0 Å². The molecule has 0 radical (unpaired) electrons. The van der Waals surface area contributed by atoms with Crippen LogP contribution >= 0.6 is 22.6 Å². The van der Waals surface area contributed by atoms with E-state index in [2.05, 4.69) is 27.9 Å². The van der Waals surface area contributed by atoms with Gasteiger partial charge >= 0.3 is 5.97 Å². The van der Waals surface area contributed by atoms with Gasteiger partial charge in [-0.1, -0.05) is 19.9 Å². The lowest BCUT2D eigenvalue weighted by Gasteiger charge is -2.16. The van der Waals surface area contributed by atoms with Crippen LogP contribution in [0.2, 0.25) is 0 Å². The molecule has 0 spiro atoms. The molecule has 0 aromatic heterocycles. The molecule has 0 saturated heterocycles. The van der Waals surface area contributed by atoms with Crippen LogP contribution in [-0.2, 0) is 4.79 Å². The van der Waals surface area contributed by atoms with E-state index in [1.807, 2.05) is 32.9 Å². The van der Waals surface area contributed by atoms with E-state index in [0.717, 1.165) is 9.13 Å². The first-order valence-corrected chi connectivity index (χ1v) is 7.67. The van der Waals surface area contributed by atoms with Crippen molar-refractivity contribution < 1.29 is 14.7 Å². The minimum atomic E-state index is -0.863. The molecule has 0 fully saturated rings. The Hall–Kier alpha value is -1.11. The van der Waals surface area contributed by atoms with E-state index < -0.39 is 11.9 Å². The fraction of sp³-hybridized carbons (Fsp3) is 0.467. The van der Waals surface area contributed by atoms with Crippen molar-refractivity contribution in [2.24, 2.45) is 11.8 Å². The summed E-state index contributed by atoms with van der Waals surface area (Å²) in [7, 11) is 0. The van der Waals surface area contributed by atoms with Crippen molar-refractivity contribution in [1.82, 2.24) is 5.32 Å². The molecular weight excluding hydrogens is 369 g/mol. The average molecular weight is 389 g/mol. The number of carboxylic acids is 1. The van der Waals surface area contributed by atoms with Crippen LogP contribution < -0.4 is 5.32 Å². The Morgan fingerprint density at radius 3 is 2.55 bits per heavy atom. The molecule has 110 valence electrons. The Bertz CT molecular complexity index is 500. The van der Waals surface area contributed by atoms with Gasteiger partial charge in [0.15, 0.2) is 0 Å². The van der Waals surface area contributed by atoms with Crippen LogP contribution in [0.3, 0.4) is 0 Å². The maximum atomic E-state index is 12.1. The second-order valence-electron chi connectivity index (χ2n) is 5.29.